The van der Waals surface area contributed by atoms with Crippen LogP contribution in [0.15, 0.2) is 42.5 Å². The number of carbonyl (C=O) groups excluding carboxylic acids is 1. The van der Waals surface area contributed by atoms with Gasteiger partial charge in [-0.3, -0.25) is 4.79 Å². The van der Waals surface area contributed by atoms with Crippen LogP contribution in [0.2, 0.25) is 0 Å². The lowest BCUT2D eigenvalue weighted by Gasteiger charge is -2.15. The number of hydrogen-bond acceptors (Lipinski definition) is 5. The number of benzene rings is 2. The minimum atomic E-state index is -0.150. The fraction of sp³-hybridized carbons (Fsp3) is 0.407. The van der Waals surface area contributed by atoms with Crippen molar-refractivity contribution in [2.75, 3.05) is 20.3 Å². The van der Waals surface area contributed by atoms with E-state index >= 15 is 0 Å². The second kappa shape index (κ2) is 9.89. The van der Waals surface area contributed by atoms with Gasteiger partial charge in [0.05, 0.1) is 18.9 Å². The summed E-state index contributed by atoms with van der Waals surface area (Å²) in [6.45, 7) is 3.77. The van der Waals surface area contributed by atoms with Gasteiger partial charge < -0.3 is 19.5 Å². The fourth-order valence-electron chi connectivity index (χ4n) is 4.79. The Hall–Kier alpha value is -3.32. The molecule has 2 aromatic carbocycles. The van der Waals surface area contributed by atoms with Crippen LogP contribution in [0.25, 0.3) is 5.69 Å². The number of methoxy groups -OCH3 is 1. The van der Waals surface area contributed by atoms with Crippen LogP contribution in [0.3, 0.4) is 0 Å². The average Bonchev–Trinajstić information content (AvgIpc) is 3.60. The van der Waals surface area contributed by atoms with Crippen molar-refractivity contribution in [1.82, 2.24) is 15.1 Å². The van der Waals surface area contributed by atoms with Gasteiger partial charge in [0.15, 0.2) is 17.2 Å². The maximum Gasteiger partial charge on any atom is 0.272 e. The predicted molar refractivity (Wildman–Crippen MR) is 129 cm³/mol. The molecular weight excluding hydrogens is 430 g/mol. The van der Waals surface area contributed by atoms with E-state index in [9.17, 15) is 4.79 Å². The Kier molecular flexibility index (Phi) is 6.54. The zero-order valence-corrected chi connectivity index (χ0v) is 19.8. The number of hydrogen-bond donors (Lipinski definition) is 1. The Morgan fingerprint density at radius 2 is 2.06 bits per heavy atom. The summed E-state index contributed by atoms with van der Waals surface area (Å²) >= 11 is 0. The highest BCUT2D eigenvalue weighted by atomic mass is 16.5. The number of aryl methyl sites for hydroxylation is 1. The Labute approximate surface area is 200 Å². The molecule has 0 bridgehead atoms. The molecule has 1 N–H and O–H groups in total. The van der Waals surface area contributed by atoms with E-state index in [-0.39, 0.29) is 12.0 Å². The topological polar surface area (TPSA) is 74.6 Å². The number of rotatable bonds is 8. The van der Waals surface area contributed by atoms with Crippen molar-refractivity contribution in [3.8, 4) is 17.2 Å². The van der Waals surface area contributed by atoms with Crippen LogP contribution >= 0.6 is 0 Å². The van der Waals surface area contributed by atoms with Gasteiger partial charge in [-0.05, 0) is 68.4 Å². The Morgan fingerprint density at radius 1 is 1.18 bits per heavy atom. The highest BCUT2D eigenvalue weighted by Crippen LogP contribution is 2.30. The van der Waals surface area contributed by atoms with Crippen LogP contribution in [0.1, 0.15) is 52.1 Å². The monoisotopic (exact) mass is 461 g/mol. The van der Waals surface area contributed by atoms with E-state index in [1.807, 2.05) is 35.0 Å². The standard InChI is InChI=1S/C27H31N3O4/c1-18-7-3-4-10-22(18)30-23-11-5-9-21(23)26(29-30)27(31)28-16-19-12-13-24(25(15-19)32-2)34-17-20-8-6-14-33-20/h3-4,7,10,12-13,15,20H,5-6,8-9,11,14,16-17H2,1-2H3,(H,28,31). The molecule has 1 aliphatic carbocycles. The molecule has 2 heterocycles. The number of carbonyl (C=O) groups is 1. The zero-order valence-electron chi connectivity index (χ0n) is 19.8. The van der Waals surface area contributed by atoms with Crippen LogP contribution in [-0.4, -0.2) is 42.1 Å². The van der Waals surface area contributed by atoms with Crippen LogP contribution in [-0.2, 0) is 24.1 Å². The summed E-state index contributed by atoms with van der Waals surface area (Å²) < 4.78 is 19.0. The van der Waals surface area contributed by atoms with E-state index < -0.39 is 0 Å². The molecule has 0 radical (unpaired) electrons. The third-order valence-corrected chi connectivity index (χ3v) is 6.62. The van der Waals surface area contributed by atoms with E-state index in [2.05, 4.69) is 24.4 Å². The molecule has 1 saturated heterocycles. The molecule has 3 aromatic rings. The first-order valence-corrected chi connectivity index (χ1v) is 12.0. The van der Waals surface area contributed by atoms with Crippen LogP contribution in [0.4, 0.5) is 0 Å². The quantitative estimate of drug-likeness (QED) is 0.545. The minimum Gasteiger partial charge on any atom is -0.493 e. The molecule has 1 fully saturated rings. The van der Waals surface area contributed by atoms with E-state index in [1.165, 1.54) is 0 Å². The summed E-state index contributed by atoms with van der Waals surface area (Å²) in [7, 11) is 1.62. The van der Waals surface area contributed by atoms with E-state index in [1.54, 1.807) is 7.11 Å². The van der Waals surface area contributed by atoms with Gasteiger partial charge in [0.2, 0.25) is 0 Å². The third-order valence-electron chi connectivity index (χ3n) is 6.62. The summed E-state index contributed by atoms with van der Waals surface area (Å²) in [5.41, 5.74) is 5.84. The van der Waals surface area contributed by atoms with E-state index in [4.69, 9.17) is 19.3 Å². The zero-order chi connectivity index (χ0) is 23.5. The molecule has 1 atom stereocenters. The van der Waals surface area contributed by atoms with Crippen molar-refractivity contribution in [2.45, 2.75) is 51.7 Å². The molecule has 34 heavy (non-hydrogen) atoms. The number of ether oxygens (including phenoxy) is 3. The molecule has 1 unspecified atom stereocenters. The van der Waals surface area contributed by atoms with E-state index in [0.717, 1.165) is 66.8 Å². The molecule has 1 amide bonds. The largest absolute Gasteiger partial charge is 0.493 e. The first-order chi connectivity index (χ1) is 16.6. The minimum absolute atomic E-state index is 0.143. The maximum absolute atomic E-state index is 13.1. The van der Waals surface area contributed by atoms with Gasteiger partial charge in [0, 0.05) is 24.4 Å². The van der Waals surface area contributed by atoms with Gasteiger partial charge in [-0.25, -0.2) is 4.68 Å². The van der Waals surface area contributed by atoms with E-state index in [0.29, 0.717) is 30.3 Å². The van der Waals surface area contributed by atoms with Crippen molar-refractivity contribution in [2.24, 2.45) is 0 Å². The fourth-order valence-corrected chi connectivity index (χ4v) is 4.79. The summed E-state index contributed by atoms with van der Waals surface area (Å²) in [6, 6.07) is 13.9. The van der Waals surface area contributed by atoms with Crippen molar-refractivity contribution in [1.29, 1.82) is 0 Å². The van der Waals surface area contributed by atoms with Crippen molar-refractivity contribution < 1.29 is 19.0 Å². The number of amides is 1. The second-order valence-electron chi connectivity index (χ2n) is 8.94. The number of nitrogens with one attached hydrogen (secondary N) is 1. The summed E-state index contributed by atoms with van der Waals surface area (Å²) in [5, 5.41) is 7.77. The number of fused-ring (bicyclic) bond motifs is 1. The van der Waals surface area contributed by atoms with Crippen molar-refractivity contribution >= 4 is 5.91 Å². The number of nitrogens with zero attached hydrogens (tertiary/aromatic N) is 2. The normalized spacial score (nSPS) is 16.9. The van der Waals surface area contributed by atoms with Crippen molar-refractivity contribution in [3.63, 3.8) is 0 Å². The number of para-hydroxylation sites is 1. The maximum atomic E-state index is 13.1. The molecule has 0 saturated carbocycles. The Morgan fingerprint density at radius 3 is 2.85 bits per heavy atom. The van der Waals surface area contributed by atoms with Gasteiger partial charge in [-0.1, -0.05) is 24.3 Å². The predicted octanol–water partition coefficient (Wildman–Crippen LogP) is 4.17. The molecule has 1 aromatic heterocycles. The average molecular weight is 462 g/mol. The lowest BCUT2D eigenvalue weighted by molar-refractivity contribution is 0.0669. The summed E-state index contributed by atoms with van der Waals surface area (Å²) in [4.78, 5) is 13.1. The van der Waals surface area contributed by atoms with Gasteiger partial charge in [0.1, 0.15) is 6.61 Å². The Bertz CT molecular complexity index is 1180. The molecule has 0 spiro atoms. The smallest absolute Gasteiger partial charge is 0.272 e. The lowest BCUT2D eigenvalue weighted by atomic mass is 10.1. The molecule has 5 rings (SSSR count). The van der Waals surface area contributed by atoms with Gasteiger partial charge in [-0.2, -0.15) is 5.10 Å². The van der Waals surface area contributed by atoms with Gasteiger partial charge in [0.25, 0.3) is 5.91 Å². The molecule has 7 heteroatoms. The first kappa shape index (κ1) is 22.5. The SMILES string of the molecule is COc1cc(CNC(=O)c2nn(-c3ccccc3C)c3c2CCC3)ccc1OCC1CCCO1. The van der Waals surface area contributed by atoms with Crippen LogP contribution in [0, 0.1) is 6.92 Å². The van der Waals surface area contributed by atoms with Crippen LogP contribution in [0.5, 0.6) is 11.5 Å². The van der Waals surface area contributed by atoms with Gasteiger partial charge >= 0.3 is 0 Å². The molecule has 1 aliphatic heterocycles. The highest BCUT2D eigenvalue weighted by molar-refractivity contribution is 5.94. The first-order valence-electron chi connectivity index (χ1n) is 12.0. The summed E-state index contributed by atoms with van der Waals surface area (Å²) in [5.74, 6) is 1.18. The highest BCUT2D eigenvalue weighted by Gasteiger charge is 2.27. The molecule has 178 valence electrons. The number of aromatic nitrogens is 2. The lowest BCUT2D eigenvalue weighted by Crippen LogP contribution is -2.24. The Balaban J connectivity index is 1.28. The molecule has 7 nitrogen and oxygen atoms in total. The molecule has 2 aliphatic rings. The van der Waals surface area contributed by atoms with Crippen LogP contribution < -0.4 is 14.8 Å². The third kappa shape index (κ3) is 4.53. The molecular formula is C27H31N3O4. The second-order valence-corrected chi connectivity index (χ2v) is 8.94. The van der Waals surface area contributed by atoms with Gasteiger partial charge in [-0.15, -0.1) is 0 Å². The van der Waals surface area contributed by atoms with Crippen molar-refractivity contribution in [3.05, 3.63) is 70.5 Å². The summed E-state index contributed by atoms with van der Waals surface area (Å²) in [6.07, 6.45) is 5.11.